The average Bonchev–Trinajstić information content (AvgIpc) is 3.26. The molecule has 0 aliphatic rings. The number of nitrogens with zero attached hydrogens (tertiary/aromatic N) is 2. The highest BCUT2D eigenvalue weighted by Crippen LogP contribution is 2.30. The van der Waals surface area contributed by atoms with E-state index in [0.29, 0.717) is 12.3 Å². The highest BCUT2D eigenvalue weighted by atomic mass is 35.5. The van der Waals surface area contributed by atoms with Gasteiger partial charge in [-0.3, -0.25) is 19.7 Å². The number of alkyl halides is 1. The summed E-state index contributed by atoms with van der Waals surface area (Å²) in [5, 5.41) is 14.7. The van der Waals surface area contributed by atoms with Gasteiger partial charge >= 0.3 is 0 Å². The molecule has 2 aromatic rings. The Labute approximate surface area is 244 Å². The maximum atomic E-state index is 12.9. The molecule has 1 aromatic carbocycles. The fourth-order valence-corrected chi connectivity index (χ4v) is 5.12. The van der Waals surface area contributed by atoms with Gasteiger partial charge in [0.05, 0.1) is 16.4 Å². The van der Waals surface area contributed by atoms with E-state index in [-0.39, 0.29) is 34.3 Å². The van der Waals surface area contributed by atoms with E-state index in [9.17, 15) is 19.7 Å². The van der Waals surface area contributed by atoms with Gasteiger partial charge in [-0.05, 0) is 18.6 Å². The van der Waals surface area contributed by atoms with Gasteiger partial charge in [-0.1, -0.05) is 111 Å². The van der Waals surface area contributed by atoms with E-state index in [1.807, 2.05) is 20.8 Å². The van der Waals surface area contributed by atoms with Crippen LogP contribution in [-0.2, 0) is 11.3 Å². The SMILES string of the molecule is CCCCCCCCCCCCCCCCNC(=O)c1ccc(-n2oc(C(C)(C)C)c(CCl)c2=O)c([N+](=O)[O-])c1. The lowest BCUT2D eigenvalue weighted by molar-refractivity contribution is -0.384. The Hall–Kier alpha value is -2.61. The molecule has 224 valence electrons. The molecule has 0 aliphatic heterocycles. The molecule has 0 saturated carbocycles. The Morgan fingerprint density at radius 3 is 1.93 bits per heavy atom. The minimum absolute atomic E-state index is 0.0413. The van der Waals surface area contributed by atoms with E-state index in [0.717, 1.165) is 24.0 Å². The molecule has 9 heteroatoms. The first kappa shape index (κ1) is 33.6. The summed E-state index contributed by atoms with van der Waals surface area (Å²) in [5.74, 6) is -0.0834. The lowest BCUT2D eigenvalue weighted by Crippen LogP contribution is -2.24. The fraction of sp³-hybridized carbons (Fsp3) is 0.677. The largest absolute Gasteiger partial charge is 0.375 e. The quantitative estimate of drug-likeness (QED) is 0.0778. The van der Waals surface area contributed by atoms with Crippen molar-refractivity contribution in [1.29, 1.82) is 0 Å². The molecular weight excluding hydrogens is 530 g/mol. The Balaban J connectivity index is 1.79. The van der Waals surface area contributed by atoms with Crippen LogP contribution in [0.4, 0.5) is 5.69 Å². The summed E-state index contributed by atoms with van der Waals surface area (Å²) in [6.07, 6.45) is 17.7. The van der Waals surface area contributed by atoms with Crippen LogP contribution in [0.3, 0.4) is 0 Å². The lowest BCUT2D eigenvalue weighted by atomic mass is 9.91. The van der Waals surface area contributed by atoms with E-state index in [1.54, 1.807) is 0 Å². The minimum Gasteiger partial charge on any atom is -0.375 e. The summed E-state index contributed by atoms with van der Waals surface area (Å²) >= 11 is 5.99. The zero-order valence-corrected chi connectivity index (χ0v) is 25.6. The number of halogens is 1. The van der Waals surface area contributed by atoms with Gasteiger partial charge in [0.15, 0.2) is 5.69 Å². The Kier molecular flexibility index (Phi) is 14.5. The molecule has 0 aliphatic carbocycles. The maximum absolute atomic E-state index is 12.9. The smallest absolute Gasteiger partial charge is 0.297 e. The molecule has 1 N–H and O–H groups in total. The Morgan fingerprint density at radius 2 is 1.48 bits per heavy atom. The van der Waals surface area contributed by atoms with E-state index < -0.39 is 15.9 Å². The number of unbranched alkanes of at least 4 members (excludes halogenated alkanes) is 13. The number of nitro groups is 1. The number of nitrogens with one attached hydrogen (secondary N) is 1. The van der Waals surface area contributed by atoms with Crippen LogP contribution in [0.15, 0.2) is 27.5 Å². The first-order valence-electron chi connectivity index (χ1n) is 15.0. The number of hydrogen-bond acceptors (Lipinski definition) is 5. The van der Waals surface area contributed by atoms with Crippen LogP contribution in [0.2, 0.25) is 0 Å². The number of hydrogen-bond donors (Lipinski definition) is 1. The first-order chi connectivity index (χ1) is 19.1. The van der Waals surface area contributed by atoms with Crippen LogP contribution in [0, 0.1) is 10.1 Å². The van der Waals surface area contributed by atoms with Crippen LogP contribution in [0.5, 0.6) is 0 Å². The summed E-state index contributed by atoms with van der Waals surface area (Å²) < 4.78 is 6.65. The van der Waals surface area contributed by atoms with E-state index in [2.05, 4.69) is 12.2 Å². The molecule has 0 unspecified atom stereocenters. The van der Waals surface area contributed by atoms with E-state index in [4.69, 9.17) is 16.1 Å². The molecule has 0 radical (unpaired) electrons. The normalized spacial score (nSPS) is 11.6. The number of rotatable bonds is 19. The molecule has 2 rings (SSSR count). The molecule has 40 heavy (non-hydrogen) atoms. The van der Waals surface area contributed by atoms with Crippen molar-refractivity contribution in [3.05, 3.63) is 55.6 Å². The second-order valence-corrected chi connectivity index (χ2v) is 12.0. The number of nitro benzene ring substituents is 1. The first-order valence-corrected chi connectivity index (χ1v) is 15.5. The zero-order chi connectivity index (χ0) is 29.5. The van der Waals surface area contributed by atoms with Crippen LogP contribution in [0.1, 0.15) is 139 Å². The summed E-state index contributed by atoms with van der Waals surface area (Å²) in [7, 11) is 0. The summed E-state index contributed by atoms with van der Waals surface area (Å²) in [5.41, 5.74) is -1.07. The van der Waals surface area contributed by atoms with E-state index in [1.165, 1.54) is 88.8 Å². The van der Waals surface area contributed by atoms with Crippen molar-refractivity contribution < 1.29 is 14.2 Å². The van der Waals surface area contributed by atoms with Crippen molar-refractivity contribution >= 4 is 23.2 Å². The van der Waals surface area contributed by atoms with Gasteiger partial charge in [-0.15, -0.1) is 16.3 Å². The predicted octanol–water partition coefficient (Wildman–Crippen LogP) is 8.59. The molecule has 0 fully saturated rings. The van der Waals surface area contributed by atoms with Gasteiger partial charge in [0, 0.05) is 23.6 Å². The van der Waals surface area contributed by atoms with Crippen molar-refractivity contribution in [3.63, 3.8) is 0 Å². The minimum atomic E-state index is -0.619. The van der Waals surface area contributed by atoms with Crippen molar-refractivity contribution in [2.24, 2.45) is 0 Å². The second kappa shape index (κ2) is 17.3. The highest BCUT2D eigenvalue weighted by molar-refractivity contribution is 6.17. The maximum Gasteiger partial charge on any atom is 0.297 e. The van der Waals surface area contributed by atoms with Crippen molar-refractivity contribution in [2.75, 3.05) is 6.54 Å². The molecule has 1 aromatic heterocycles. The number of benzene rings is 1. The van der Waals surface area contributed by atoms with Crippen LogP contribution >= 0.6 is 11.6 Å². The molecule has 8 nitrogen and oxygen atoms in total. The lowest BCUT2D eigenvalue weighted by Gasteiger charge is -2.15. The summed E-state index contributed by atoms with van der Waals surface area (Å²) in [6, 6.07) is 4.02. The Bertz CT molecular complexity index is 1130. The molecule has 0 atom stereocenters. The topological polar surface area (TPSA) is 107 Å². The number of aromatic nitrogens is 1. The Morgan fingerprint density at radius 1 is 0.950 bits per heavy atom. The summed E-state index contributed by atoms with van der Waals surface area (Å²) in [4.78, 5) is 36.8. The summed E-state index contributed by atoms with van der Waals surface area (Å²) in [6.45, 7) is 8.36. The van der Waals surface area contributed by atoms with Crippen LogP contribution in [0.25, 0.3) is 5.69 Å². The van der Waals surface area contributed by atoms with Gasteiger partial charge < -0.3 is 9.84 Å². The predicted molar refractivity (Wildman–Crippen MR) is 162 cm³/mol. The van der Waals surface area contributed by atoms with Crippen LogP contribution < -0.4 is 10.9 Å². The highest BCUT2D eigenvalue weighted by Gasteiger charge is 2.30. The third kappa shape index (κ3) is 10.4. The van der Waals surface area contributed by atoms with E-state index >= 15 is 0 Å². The third-order valence-corrected chi connectivity index (χ3v) is 7.45. The van der Waals surface area contributed by atoms with Gasteiger partial charge in [0.1, 0.15) is 5.76 Å². The number of amides is 1. The van der Waals surface area contributed by atoms with Gasteiger partial charge in [-0.2, -0.15) is 0 Å². The van der Waals surface area contributed by atoms with Crippen molar-refractivity contribution in [1.82, 2.24) is 10.1 Å². The zero-order valence-electron chi connectivity index (χ0n) is 24.9. The number of carbonyl (C=O) groups excluding carboxylic acids is 1. The van der Waals surface area contributed by atoms with Crippen molar-refractivity contribution in [3.8, 4) is 5.69 Å². The van der Waals surface area contributed by atoms with Gasteiger partial charge in [0.25, 0.3) is 17.2 Å². The molecule has 1 amide bonds. The standard InChI is InChI=1S/C31H48ClN3O5/c1-5-6-7-8-9-10-11-12-13-14-15-16-17-18-21-33-29(36)24-19-20-26(27(22-24)35(38)39)34-30(37)25(23-32)28(40-34)31(2,3)4/h19-20,22H,5-18,21,23H2,1-4H3,(H,33,36). The third-order valence-electron chi connectivity index (χ3n) is 7.18. The molecule has 0 saturated heterocycles. The molecule has 0 spiro atoms. The van der Waals surface area contributed by atoms with Gasteiger partial charge in [0.2, 0.25) is 0 Å². The fourth-order valence-electron chi connectivity index (χ4n) is 4.88. The van der Waals surface area contributed by atoms with Gasteiger partial charge in [-0.25, -0.2) is 0 Å². The molecular formula is C31H48ClN3O5. The molecule has 1 heterocycles. The number of carbonyl (C=O) groups is 1. The molecule has 0 bridgehead atoms. The van der Waals surface area contributed by atoms with Crippen LogP contribution in [-0.4, -0.2) is 22.1 Å². The average molecular weight is 578 g/mol. The monoisotopic (exact) mass is 577 g/mol. The van der Waals surface area contributed by atoms with Crippen molar-refractivity contribution in [2.45, 2.75) is 129 Å². The second-order valence-electron chi connectivity index (χ2n) is 11.7.